The normalized spacial score (nSPS) is 11.9. The predicted octanol–water partition coefficient (Wildman–Crippen LogP) is 3.25. The lowest BCUT2D eigenvalue weighted by Crippen LogP contribution is -2.40. The van der Waals surface area contributed by atoms with Crippen LogP contribution in [0.3, 0.4) is 0 Å². The first kappa shape index (κ1) is 29.3. The molecule has 0 amide bonds. The van der Waals surface area contributed by atoms with E-state index >= 15 is 0 Å². The van der Waals surface area contributed by atoms with Gasteiger partial charge in [0.1, 0.15) is 16.9 Å². The molecule has 1 aromatic carbocycles. The Hall–Kier alpha value is -3.91. The maximum atomic E-state index is 11.8. The van der Waals surface area contributed by atoms with Crippen molar-refractivity contribution < 1.29 is 29.7 Å². The number of aromatic nitrogens is 2. The molecule has 1 heterocycles. The van der Waals surface area contributed by atoms with Crippen LogP contribution in [0.25, 0.3) is 0 Å². The van der Waals surface area contributed by atoms with Gasteiger partial charge in [0.15, 0.2) is 16.6 Å². The van der Waals surface area contributed by atoms with Crippen LogP contribution in [-0.4, -0.2) is 72.3 Å². The largest absolute Gasteiger partial charge is 0.492 e. The van der Waals surface area contributed by atoms with Crippen molar-refractivity contribution in [2.75, 3.05) is 11.9 Å². The summed E-state index contributed by atoms with van der Waals surface area (Å²) in [6, 6.07) is 3.80. The topological polar surface area (TPSA) is 186 Å². The number of benzene rings is 1. The van der Waals surface area contributed by atoms with Gasteiger partial charge in [-0.1, -0.05) is 24.0 Å². The summed E-state index contributed by atoms with van der Waals surface area (Å²) in [5, 5.41) is 34.0. The highest BCUT2D eigenvalue weighted by atomic mass is 32.2. The summed E-state index contributed by atoms with van der Waals surface area (Å²) in [6.07, 6.45) is -0.509. The molecule has 1 aromatic heterocycles. The Morgan fingerprint density at radius 3 is 2.51 bits per heavy atom. The van der Waals surface area contributed by atoms with E-state index in [2.05, 4.69) is 37.3 Å². The highest BCUT2D eigenvalue weighted by molar-refractivity contribution is 8.13. The van der Waals surface area contributed by atoms with Gasteiger partial charge in [0.2, 0.25) is 5.88 Å². The zero-order valence-electron chi connectivity index (χ0n) is 20.3. The van der Waals surface area contributed by atoms with Crippen molar-refractivity contribution in [3.05, 3.63) is 29.6 Å². The lowest BCUT2D eigenvalue weighted by atomic mass is 10.1. The number of aliphatic imine (C=N–C) groups is 2. The monoisotopic (exact) mass is 546 g/mol. The third kappa shape index (κ3) is 8.91. The summed E-state index contributed by atoms with van der Waals surface area (Å²) < 4.78 is 0. The molecule has 5 N–H and O–H groups in total. The molecule has 0 saturated heterocycles. The highest BCUT2D eigenvalue weighted by Crippen LogP contribution is 2.33. The smallest absolute Gasteiger partial charge is 0.326 e. The number of carboxylic acid groups (broad SMARTS) is 2. The molecule has 0 aliphatic carbocycles. The van der Waals surface area contributed by atoms with Crippen molar-refractivity contribution in [2.24, 2.45) is 9.98 Å². The fraction of sp³-hybridized carbons (Fsp3) is 0.304. The van der Waals surface area contributed by atoms with E-state index in [1.165, 1.54) is 6.92 Å². The Balaban J connectivity index is 2.23. The second-order valence-corrected chi connectivity index (χ2v) is 9.35. The summed E-state index contributed by atoms with van der Waals surface area (Å²) in [5.41, 5.74) is 1.71. The van der Waals surface area contributed by atoms with Crippen LogP contribution in [0.5, 0.6) is 5.88 Å². The van der Waals surface area contributed by atoms with Crippen molar-refractivity contribution in [1.82, 2.24) is 15.3 Å². The van der Waals surface area contributed by atoms with Crippen LogP contribution in [0.4, 0.5) is 17.2 Å². The van der Waals surface area contributed by atoms with E-state index < -0.39 is 18.0 Å². The maximum Gasteiger partial charge on any atom is 0.326 e. The highest BCUT2D eigenvalue weighted by Gasteiger charge is 2.22. The van der Waals surface area contributed by atoms with Gasteiger partial charge in [-0.05, 0) is 45.2 Å². The molecule has 0 spiro atoms. The zero-order valence-corrected chi connectivity index (χ0v) is 21.9. The molecule has 0 saturated carbocycles. The average molecular weight is 547 g/mol. The standard InChI is InChI=1S/C23H26N6O6S2/c1-11(26-19-20(24-4)27-12(2)28-21(19)33)10-25-14-5-6-15(17(9-14)37-13(3)30)22(36)29-16(23(34)35)7-8-18(31)32/h5-6,9,16,25H,4,7-8,10H2,1-3H3,(H,29,36)(H,31,32)(H,34,35)(H,27,28,33)/b26-11+/t16-/m0/s1. The van der Waals surface area contributed by atoms with Crippen LogP contribution in [0, 0.1) is 6.92 Å². The molecule has 0 fully saturated rings. The van der Waals surface area contributed by atoms with E-state index in [9.17, 15) is 24.6 Å². The Kier molecular flexibility index (Phi) is 10.6. The van der Waals surface area contributed by atoms with Gasteiger partial charge >= 0.3 is 11.9 Å². The van der Waals surface area contributed by atoms with Gasteiger partial charge in [0.05, 0.1) is 6.54 Å². The third-order valence-corrected chi connectivity index (χ3v) is 5.87. The molecular weight excluding hydrogens is 520 g/mol. The quantitative estimate of drug-likeness (QED) is 0.149. The number of aromatic hydroxyl groups is 1. The SMILES string of the molecule is C=Nc1nc(C)nc(O)c1/N=C(\C)CNc1ccc(C(=S)N[C@@H](CCC(=O)O)C(=O)O)c(SC(C)=O)c1. The minimum Gasteiger partial charge on any atom is -0.492 e. The van der Waals surface area contributed by atoms with Crippen molar-refractivity contribution in [3.63, 3.8) is 0 Å². The zero-order chi connectivity index (χ0) is 27.7. The number of hydrogen-bond acceptors (Lipinski definition) is 11. The molecule has 1 atom stereocenters. The van der Waals surface area contributed by atoms with Gasteiger partial charge in [0.25, 0.3) is 0 Å². The number of anilines is 1. The average Bonchev–Trinajstić information content (AvgIpc) is 2.81. The van der Waals surface area contributed by atoms with Gasteiger partial charge in [-0.2, -0.15) is 4.98 Å². The third-order valence-electron chi connectivity index (χ3n) is 4.69. The molecule has 2 rings (SSSR count). The fourth-order valence-corrected chi connectivity index (χ4v) is 4.19. The number of rotatable bonds is 12. The molecule has 2 aromatic rings. The summed E-state index contributed by atoms with van der Waals surface area (Å²) in [4.78, 5) is 50.8. The first-order valence-corrected chi connectivity index (χ1v) is 12.0. The molecule has 0 aliphatic heterocycles. The minimum atomic E-state index is -1.24. The molecule has 0 unspecified atom stereocenters. The Bertz CT molecular complexity index is 1270. The van der Waals surface area contributed by atoms with Gasteiger partial charge < -0.3 is 26.0 Å². The first-order chi connectivity index (χ1) is 17.4. The van der Waals surface area contributed by atoms with Crippen LogP contribution in [0.1, 0.15) is 38.1 Å². The van der Waals surface area contributed by atoms with E-state index in [1.54, 1.807) is 32.0 Å². The number of thiocarbonyl (C=S) groups is 1. The lowest BCUT2D eigenvalue weighted by molar-refractivity contribution is -0.140. The molecular formula is C23H26N6O6S2. The maximum absolute atomic E-state index is 11.8. The Labute approximate surface area is 222 Å². The Morgan fingerprint density at radius 1 is 1.22 bits per heavy atom. The van der Waals surface area contributed by atoms with Gasteiger partial charge in [-0.3, -0.25) is 9.59 Å². The Morgan fingerprint density at radius 2 is 1.92 bits per heavy atom. The second-order valence-electron chi connectivity index (χ2n) is 7.73. The van der Waals surface area contributed by atoms with Crippen LogP contribution in [0.15, 0.2) is 33.1 Å². The number of aryl methyl sites for hydroxylation is 1. The van der Waals surface area contributed by atoms with Crippen LogP contribution >= 0.6 is 24.0 Å². The van der Waals surface area contributed by atoms with Crippen molar-refractivity contribution in [1.29, 1.82) is 0 Å². The number of nitrogens with one attached hydrogen (secondary N) is 2. The van der Waals surface area contributed by atoms with Crippen molar-refractivity contribution >= 4 is 75.6 Å². The molecule has 12 nitrogen and oxygen atoms in total. The van der Waals surface area contributed by atoms with Gasteiger partial charge in [-0.25, -0.2) is 19.8 Å². The lowest BCUT2D eigenvalue weighted by Gasteiger charge is -2.18. The number of carbonyl (C=O) groups excluding carboxylic acids is 1. The number of thioether (sulfide) groups is 1. The molecule has 37 heavy (non-hydrogen) atoms. The van der Waals surface area contributed by atoms with Crippen molar-refractivity contribution in [3.8, 4) is 5.88 Å². The molecule has 0 radical (unpaired) electrons. The number of carbonyl (C=O) groups is 3. The fourth-order valence-electron chi connectivity index (χ4n) is 3.03. The predicted molar refractivity (Wildman–Crippen MR) is 145 cm³/mol. The van der Waals surface area contributed by atoms with E-state index in [0.29, 0.717) is 27.7 Å². The van der Waals surface area contributed by atoms with Gasteiger partial charge in [0, 0.05) is 35.2 Å². The molecule has 196 valence electrons. The van der Waals surface area contributed by atoms with Crippen molar-refractivity contribution in [2.45, 2.75) is 44.6 Å². The van der Waals surface area contributed by atoms with Crippen LogP contribution in [0.2, 0.25) is 0 Å². The summed E-state index contributed by atoms with van der Waals surface area (Å²) in [6.45, 7) is 8.41. The minimum absolute atomic E-state index is 0.0742. The summed E-state index contributed by atoms with van der Waals surface area (Å²) in [5.74, 6) is -2.20. The van der Waals surface area contributed by atoms with E-state index in [1.807, 2.05) is 0 Å². The first-order valence-electron chi connectivity index (χ1n) is 10.8. The van der Waals surface area contributed by atoms with E-state index in [-0.39, 0.29) is 46.9 Å². The van der Waals surface area contributed by atoms with Crippen LogP contribution < -0.4 is 10.6 Å². The molecule has 14 heteroatoms. The van der Waals surface area contributed by atoms with Crippen LogP contribution in [-0.2, 0) is 14.4 Å². The van der Waals surface area contributed by atoms with Gasteiger partial charge in [-0.15, -0.1) is 0 Å². The number of aliphatic carboxylic acids is 2. The van der Waals surface area contributed by atoms with E-state index in [4.69, 9.17) is 17.3 Å². The molecule has 0 bridgehead atoms. The number of hydrogen-bond donors (Lipinski definition) is 5. The summed E-state index contributed by atoms with van der Waals surface area (Å²) >= 11 is 6.29. The molecule has 0 aliphatic rings. The van der Waals surface area contributed by atoms with E-state index in [0.717, 1.165) is 11.8 Å². The summed E-state index contributed by atoms with van der Waals surface area (Å²) in [7, 11) is 0. The second kappa shape index (κ2) is 13.4. The number of nitrogens with zero attached hydrogens (tertiary/aromatic N) is 4. The number of carboxylic acids is 2.